The van der Waals surface area contributed by atoms with Crippen LogP contribution in [0.3, 0.4) is 0 Å². The van der Waals surface area contributed by atoms with E-state index >= 15 is 0 Å². The largest absolute Gasteiger partial charge is 0.488 e. The van der Waals surface area contributed by atoms with Crippen molar-refractivity contribution in [2.24, 2.45) is 0 Å². The van der Waals surface area contributed by atoms with Crippen LogP contribution >= 0.6 is 0 Å². The van der Waals surface area contributed by atoms with Gasteiger partial charge in [0.15, 0.2) is 0 Å². The van der Waals surface area contributed by atoms with Crippen LogP contribution in [-0.4, -0.2) is 28.9 Å². The molecule has 2 N–H and O–H groups in total. The highest BCUT2D eigenvalue weighted by Gasteiger charge is 2.17. The summed E-state index contributed by atoms with van der Waals surface area (Å²) >= 11 is 0. The van der Waals surface area contributed by atoms with Gasteiger partial charge in [-0.2, -0.15) is 8.42 Å². The van der Waals surface area contributed by atoms with Gasteiger partial charge in [0.1, 0.15) is 22.9 Å². The SMILES string of the molecule is O=C(O)c1ccc(Nc2c(-c3ccc(OS(=O)(=O)F)cc3)nc3cc(-c4ccccc4)ccn23)cc1. The predicted octanol–water partition coefficient (Wildman–Crippen LogP) is 5.70. The highest BCUT2D eigenvalue weighted by molar-refractivity contribution is 7.81. The summed E-state index contributed by atoms with van der Waals surface area (Å²) in [7, 11) is -5.14. The zero-order valence-corrected chi connectivity index (χ0v) is 19.3. The Balaban J connectivity index is 1.60. The Bertz CT molecular complexity index is 1670. The number of nitrogens with one attached hydrogen (secondary N) is 1. The first kappa shape index (κ1) is 23.1. The smallest absolute Gasteiger partial charge is 0.478 e. The Morgan fingerprint density at radius 3 is 2.22 bits per heavy atom. The van der Waals surface area contributed by atoms with Crippen molar-refractivity contribution < 1.29 is 26.4 Å². The van der Waals surface area contributed by atoms with Gasteiger partial charge in [0, 0.05) is 17.4 Å². The number of pyridine rings is 1. The van der Waals surface area contributed by atoms with Gasteiger partial charge in [-0.25, -0.2) is 9.78 Å². The minimum atomic E-state index is -5.14. The third-order valence-electron chi connectivity index (χ3n) is 5.45. The summed E-state index contributed by atoms with van der Waals surface area (Å²) in [6.45, 7) is 0. The summed E-state index contributed by atoms with van der Waals surface area (Å²) in [5, 5.41) is 12.5. The van der Waals surface area contributed by atoms with E-state index in [1.165, 1.54) is 24.3 Å². The maximum Gasteiger partial charge on any atom is 0.488 e. The molecule has 0 aliphatic rings. The summed E-state index contributed by atoms with van der Waals surface area (Å²) in [5.74, 6) is -0.599. The van der Waals surface area contributed by atoms with Crippen LogP contribution in [-0.2, 0) is 10.5 Å². The Labute approximate surface area is 205 Å². The van der Waals surface area contributed by atoms with Gasteiger partial charge in [-0.3, -0.25) is 4.40 Å². The average Bonchev–Trinajstić information content (AvgIpc) is 3.22. The van der Waals surface area contributed by atoms with Crippen LogP contribution in [0.2, 0.25) is 0 Å². The number of benzene rings is 3. The second kappa shape index (κ2) is 9.16. The van der Waals surface area contributed by atoms with Crippen LogP contribution in [0.15, 0.2) is 97.2 Å². The molecule has 0 saturated carbocycles. The molecule has 3 aromatic carbocycles. The minimum absolute atomic E-state index is 0.157. The first-order chi connectivity index (χ1) is 17.3. The van der Waals surface area contributed by atoms with Gasteiger partial charge in [0.25, 0.3) is 0 Å². The van der Waals surface area contributed by atoms with E-state index in [-0.39, 0.29) is 11.3 Å². The van der Waals surface area contributed by atoms with Crippen molar-refractivity contribution in [2.45, 2.75) is 0 Å². The molecule has 0 saturated heterocycles. The molecule has 0 bridgehead atoms. The zero-order chi connectivity index (χ0) is 25.3. The van der Waals surface area contributed by atoms with Crippen molar-refractivity contribution in [1.82, 2.24) is 9.38 Å². The van der Waals surface area contributed by atoms with Crippen molar-refractivity contribution in [3.8, 4) is 28.1 Å². The molecule has 10 heteroatoms. The van der Waals surface area contributed by atoms with E-state index in [2.05, 4.69) is 9.50 Å². The molecule has 2 heterocycles. The van der Waals surface area contributed by atoms with Crippen LogP contribution in [0.4, 0.5) is 15.4 Å². The molecule has 36 heavy (non-hydrogen) atoms. The van der Waals surface area contributed by atoms with E-state index in [1.807, 2.05) is 53.1 Å². The molecule has 0 fully saturated rings. The third-order valence-corrected chi connectivity index (χ3v) is 5.84. The van der Waals surface area contributed by atoms with Gasteiger partial charge in [-0.15, -0.1) is 0 Å². The fourth-order valence-electron chi connectivity index (χ4n) is 3.79. The van der Waals surface area contributed by atoms with Crippen molar-refractivity contribution in [3.63, 3.8) is 0 Å². The molecular formula is C26H18FN3O5S. The third kappa shape index (κ3) is 4.89. The Hall–Kier alpha value is -4.70. The number of hydrogen-bond acceptors (Lipinski definition) is 6. The number of fused-ring (bicyclic) bond motifs is 1. The molecule has 0 atom stereocenters. The van der Waals surface area contributed by atoms with Gasteiger partial charge in [0.05, 0.1) is 5.56 Å². The van der Waals surface area contributed by atoms with E-state index in [0.29, 0.717) is 28.4 Å². The van der Waals surface area contributed by atoms with E-state index in [9.17, 15) is 22.2 Å². The van der Waals surface area contributed by atoms with Crippen molar-refractivity contribution in [2.75, 3.05) is 5.32 Å². The lowest BCUT2D eigenvalue weighted by Crippen LogP contribution is -2.01. The van der Waals surface area contributed by atoms with E-state index < -0.39 is 16.5 Å². The monoisotopic (exact) mass is 503 g/mol. The number of aromatic carboxylic acids is 1. The topological polar surface area (TPSA) is 110 Å². The quantitative estimate of drug-likeness (QED) is 0.274. The van der Waals surface area contributed by atoms with E-state index in [4.69, 9.17) is 4.98 Å². The number of carbonyl (C=O) groups is 1. The molecule has 180 valence electrons. The first-order valence-electron chi connectivity index (χ1n) is 10.7. The lowest BCUT2D eigenvalue weighted by molar-refractivity contribution is 0.0697. The van der Waals surface area contributed by atoms with E-state index in [1.54, 1.807) is 24.3 Å². The Morgan fingerprint density at radius 1 is 0.889 bits per heavy atom. The molecule has 0 unspecified atom stereocenters. The summed E-state index contributed by atoms with van der Waals surface area (Å²) < 4.78 is 40.6. The highest BCUT2D eigenvalue weighted by atomic mass is 32.3. The van der Waals surface area contributed by atoms with Gasteiger partial charge in [-0.1, -0.05) is 34.2 Å². The molecule has 0 radical (unpaired) electrons. The van der Waals surface area contributed by atoms with Gasteiger partial charge in [-0.05, 0) is 71.8 Å². The molecule has 8 nitrogen and oxygen atoms in total. The molecular weight excluding hydrogens is 485 g/mol. The Kier molecular flexibility index (Phi) is 5.87. The van der Waals surface area contributed by atoms with Crippen LogP contribution in [0, 0.1) is 0 Å². The molecule has 5 rings (SSSR count). The number of aromatic nitrogens is 2. The summed E-state index contributed by atoms with van der Waals surface area (Å²) in [4.78, 5) is 16.0. The fraction of sp³-hybridized carbons (Fsp3) is 0. The second-order valence-corrected chi connectivity index (χ2v) is 8.78. The molecule has 2 aromatic heterocycles. The molecule has 0 spiro atoms. The van der Waals surface area contributed by atoms with Gasteiger partial charge >= 0.3 is 16.5 Å². The molecule has 5 aromatic rings. The maximum atomic E-state index is 12.9. The van der Waals surface area contributed by atoms with Gasteiger partial charge < -0.3 is 14.6 Å². The lowest BCUT2D eigenvalue weighted by atomic mass is 10.1. The second-order valence-electron chi connectivity index (χ2n) is 7.83. The molecule has 0 aliphatic heterocycles. The van der Waals surface area contributed by atoms with Crippen molar-refractivity contribution in [3.05, 3.63) is 103 Å². The summed E-state index contributed by atoms with van der Waals surface area (Å²) in [6.07, 6.45) is 1.87. The average molecular weight is 504 g/mol. The number of nitrogens with zero attached hydrogens (tertiary/aromatic N) is 2. The molecule has 0 aliphatic carbocycles. The zero-order valence-electron chi connectivity index (χ0n) is 18.5. The number of carboxylic acid groups (broad SMARTS) is 1. The van der Waals surface area contributed by atoms with Gasteiger partial charge in [0.2, 0.25) is 0 Å². The summed E-state index contributed by atoms with van der Waals surface area (Å²) in [5.41, 5.74) is 4.59. The lowest BCUT2D eigenvalue weighted by Gasteiger charge is -2.10. The molecule has 0 amide bonds. The van der Waals surface area contributed by atoms with Crippen LogP contribution in [0.1, 0.15) is 10.4 Å². The van der Waals surface area contributed by atoms with E-state index in [0.717, 1.165) is 11.1 Å². The highest BCUT2D eigenvalue weighted by Crippen LogP contribution is 2.34. The predicted molar refractivity (Wildman–Crippen MR) is 133 cm³/mol. The number of carboxylic acids is 1. The number of anilines is 2. The summed E-state index contributed by atoms with van der Waals surface area (Å²) in [6, 6.07) is 25.8. The first-order valence-corrected chi connectivity index (χ1v) is 12.0. The van der Waals surface area contributed by atoms with Crippen LogP contribution < -0.4 is 9.50 Å². The fourth-order valence-corrected chi connectivity index (χ4v) is 4.13. The number of rotatable bonds is 7. The standard InChI is InChI=1S/C26H18FN3O5S/c27-36(33,34)35-22-12-8-18(9-13-22)24-25(28-21-10-6-19(7-11-21)26(31)32)30-15-14-20(16-23(30)29-24)17-4-2-1-3-5-17/h1-16,28H,(H,31,32). The number of hydrogen-bond donors (Lipinski definition) is 2. The van der Waals surface area contributed by atoms with Crippen LogP contribution in [0.25, 0.3) is 28.0 Å². The number of imidazole rings is 1. The number of halogens is 1. The minimum Gasteiger partial charge on any atom is -0.478 e. The normalized spacial score (nSPS) is 11.4. The van der Waals surface area contributed by atoms with Crippen molar-refractivity contribution >= 4 is 33.6 Å². The van der Waals surface area contributed by atoms with Crippen LogP contribution in [0.5, 0.6) is 5.75 Å². The Morgan fingerprint density at radius 2 is 1.58 bits per heavy atom. The van der Waals surface area contributed by atoms with Crippen molar-refractivity contribution in [1.29, 1.82) is 0 Å². The maximum absolute atomic E-state index is 12.9.